The summed E-state index contributed by atoms with van der Waals surface area (Å²) in [5.41, 5.74) is 0. The van der Waals surface area contributed by atoms with Gasteiger partial charge in [-0.2, -0.15) is 0 Å². The van der Waals surface area contributed by atoms with E-state index in [1.54, 1.807) is 0 Å². The normalized spacial score (nSPS) is 29.9. The number of rotatable bonds is 1. The summed E-state index contributed by atoms with van der Waals surface area (Å²) in [6.45, 7) is 1.95. The largest absolute Gasteiger partial charge is 0.299 e. The van der Waals surface area contributed by atoms with Gasteiger partial charge in [0.05, 0.1) is 0 Å². The number of hydrogen-bond acceptors (Lipinski definition) is 1. The van der Waals surface area contributed by atoms with E-state index in [0.717, 1.165) is 12.8 Å². The molecule has 0 aromatic carbocycles. The van der Waals surface area contributed by atoms with Crippen molar-refractivity contribution in [3.05, 3.63) is 6.42 Å². The maximum absolute atomic E-state index is 10.4. The Kier molecular flexibility index (Phi) is 1.13. The van der Waals surface area contributed by atoms with Crippen LogP contribution in [0.15, 0.2) is 0 Å². The minimum absolute atomic E-state index is 0.319. The molecule has 7 heavy (non-hydrogen) atoms. The van der Waals surface area contributed by atoms with Crippen LogP contribution in [0.5, 0.6) is 0 Å². The van der Waals surface area contributed by atoms with Crippen molar-refractivity contribution in [2.45, 2.75) is 19.8 Å². The molecular weight excluding hydrogens is 88.1 g/mol. The molecule has 1 fully saturated rings. The molecule has 0 saturated heterocycles. The van der Waals surface area contributed by atoms with E-state index in [1.807, 2.05) is 13.3 Å². The predicted molar refractivity (Wildman–Crippen MR) is 27.7 cm³/mol. The van der Waals surface area contributed by atoms with Gasteiger partial charge in [-0.05, 0) is 12.8 Å². The minimum atomic E-state index is 0.319. The maximum Gasteiger partial charge on any atom is 0.136 e. The Hall–Kier alpha value is -0.330. The van der Waals surface area contributed by atoms with Crippen LogP contribution >= 0.6 is 0 Å². The third-order valence-electron chi connectivity index (χ3n) is 1.52. The highest BCUT2D eigenvalue weighted by Crippen LogP contribution is 2.23. The van der Waals surface area contributed by atoms with E-state index in [4.69, 9.17) is 0 Å². The van der Waals surface area contributed by atoms with Crippen LogP contribution in [0.3, 0.4) is 0 Å². The number of hydrogen-bond donors (Lipinski definition) is 0. The molecule has 0 heterocycles. The molecule has 1 aliphatic rings. The van der Waals surface area contributed by atoms with E-state index in [0.29, 0.717) is 11.7 Å². The molecule has 1 heteroatoms. The Bertz CT molecular complexity index is 84.2. The summed E-state index contributed by atoms with van der Waals surface area (Å²) in [6, 6.07) is 0. The summed E-state index contributed by atoms with van der Waals surface area (Å²) in [4.78, 5) is 10.4. The molecule has 0 spiro atoms. The minimum Gasteiger partial charge on any atom is -0.299 e. The molecular formula is C6H9O. The molecule has 0 N–H and O–H groups in total. The Labute approximate surface area is 43.7 Å². The van der Waals surface area contributed by atoms with Gasteiger partial charge in [-0.3, -0.25) is 4.79 Å². The molecule has 1 unspecified atom stereocenters. The monoisotopic (exact) mass is 97.1 g/mol. The lowest BCUT2D eigenvalue weighted by molar-refractivity contribution is -0.127. The average Bonchev–Trinajstić information content (AvgIpc) is 1.65. The summed E-state index contributed by atoms with van der Waals surface area (Å²) in [6.07, 6.45) is 3.89. The molecule has 0 aromatic heterocycles. The second-order valence-electron chi connectivity index (χ2n) is 1.94. The summed E-state index contributed by atoms with van der Waals surface area (Å²) < 4.78 is 0. The van der Waals surface area contributed by atoms with Crippen LogP contribution < -0.4 is 0 Å². The van der Waals surface area contributed by atoms with Crippen molar-refractivity contribution < 1.29 is 4.79 Å². The average molecular weight is 97.1 g/mol. The molecule has 1 rings (SSSR count). The van der Waals surface area contributed by atoms with Crippen molar-refractivity contribution in [3.8, 4) is 0 Å². The molecule has 1 nitrogen and oxygen atoms in total. The van der Waals surface area contributed by atoms with E-state index in [1.165, 1.54) is 0 Å². The summed E-state index contributed by atoms with van der Waals surface area (Å²) >= 11 is 0. The maximum atomic E-state index is 10.4. The molecule has 0 amide bonds. The van der Waals surface area contributed by atoms with Crippen LogP contribution in [0.4, 0.5) is 0 Å². The molecule has 1 atom stereocenters. The van der Waals surface area contributed by atoms with E-state index < -0.39 is 0 Å². The summed E-state index contributed by atoms with van der Waals surface area (Å²) in [5, 5.41) is 0. The zero-order chi connectivity index (χ0) is 5.28. The van der Waals surface area contributed by atoms with Gasteiger partial charge in [-0.15, -0.1) is 0 Å². The molecule has 0 aliphatic heterocycles. The third kappa shape index (κ3) is 0.671. The third-order valence-corrected chi connectivity index (χ3v) is 1.52. The fraction of sp³-hybridized carbons (Fsp3) is 0.667. The fourth-order valence-corrected chi connectivity index (χ4v) is 0.781. The molecule has 0 aromatic rings. The van der Waals surface area contributed by atoms with Crippen LogP contribution in [-0.4, -0.2) is 5.78 Å². The number of carbonyl (C=O) groups is 1. The van der Waals surface area contributed by atoms with Gasteiger partial charge in [0.1, 0.15) is 5.78 Å². The number of carbonyl (C=O) groups excluding carboxylic acids is 1. The zero-order valence-corrected chi connectivity index (χ0v) is 4.48. The smallest absolute Gasteiger partial charge is 0.136 e. The lowest BCUT2D eigenvalue weighted by Gasteiger charge is -2.20. The van der Waals surface area contributed by atoms with Gasteiger partial charge in [-0.1, -0.05) is 6.92 Å². The van der Waals surface area contributed by atoms with Crippen molar-refractivity contribution in [2.24, 2.45) is 5.92 Å². The van der Waals surface area contributed by atoms with Crippen LogP contribution in [0.1, 0.15) is 19.8 Å². The van der Waals surface area contributed by atoms with Gasteiger partial charge in [0.15, 0.2) is 0 Å². The van der Waals surface area contributed by atoms with Crippen LogP contribution in [0.25, 0.3) is 0 Å². The van der Waals surface area contributed by atoms with Crippen molar-refractivity contribution in [1.29, 1.82) is 0 Å². The van der Waals surface area contributed by atoms with Gasteiger partial charge >= 0.3 is 0 Å². The zero-order valence-electron chi connectivity index (χ0n) is 4.48. The Morgan fingerprint density at radius 3 is 2.57 bits per heavy atom. The van der Waals surface area contributed by atoms with E-state index in [2.05, 4.69) is 0 Å². The first-order valence-corrected chi connectivity index (χ1v) is 2.67. The van der Waals surface area contributed by atoms with E-state index in [-0.39, 0.29) is 0 Å². The first kappa shape index (κ1) is 4.82. The highest BCUT2D eigenvalue weighted by Gasteiger charge is 2.25. The SMILES string of the molecule is C[CH]C1CCC1=O. The first-order chi connectivity index (χ1) is 3.34. The van der Waals surface area contributed by atoms with E-state index in [9.17, 15) is 4.79 Å². The van der Waals surface area contributed by atoms with Crippen molar-refractivity contribution in [2.75, 3.05) is 0 Å². The van der Waals surface area contributed by atoms with Gasteiger partial charge in [0.2, 0.25) is 0 Å². The number of Topliss-reactive ketones (excluding diaryl/α,β-unsaturated/α-hetero) is 1. The molecule has 39 valence electrons. The van der Waals surface area contributed by atoms with E-state index >= 15 is 0 Å². The van der Waals surface area contributed by atoms with Crippen molar-refractivity contribution in [1.82, 2.24) is 0 Å². The summed E-state index contributed by atoms with van der Waals surface area (Å²) in [7, 11) is 0. The molecule has 1 saturated carbocycles. The van der Waals surface area contributed by atoms with Gasteiger partial charge in [0.25, 0.3) is 0 Å². The van der Waals surface area contributed by atoms with Gasteiger partial charge in [-0.25, -0.2) is 0 Å². The first-order valence-electron chi connectivity index (χ1n) is 2.67. The fourth-order valence-electron chi connectivity index (χ4n) is 0.781. The highest BCUT2D eigenvalue weighted by atomic mass is 16.1. The Morgan fingerprint density at radius 2 is 2.57 bits per heavy atom. The lowest BCUT2D eigenvalue weighted by Crippen LogP contribution is -2.24. The molecule has 0 bridgehead atoms. The summed E-state index contributed by atoms with van der Waals surface area (Å²) in [5.74, 6) is 0.738. The van der Waals surface area contributed by atoms with Crippen molar-refractivity contribution in [3.63, 3.8) is 0 Å². The van der Waals surface area contributed by atoms with Crippen LogP contribution in [-0.2, 0) is 4.79 Å². The number of ketones is 1. The van der Waals surface area contributed by atoms with Crippen molar-refractivity contribution >= 4 is 5.78 Å². The topological polar surface area (TPSA) is 17.1 Å². The Morgan fingerprint density at radius 1 is 1.86 bits per heavy atom. The van der Waals surface area contributed by atoms with Crippen LogP contribution in [0, 0.1) is 12.3 Å². The second kappa shape index (κ2) is 1.65. The highest BCUT2D eigenvalue weighted by molar-refractivity contribution is 5.87. The predicted octanol–water partition coefficient (Wildman–Crippen LogP) is 1.19. The van der Waals surface area contributed by atoms with Gasteiger partial charge < -0.3 is 0 Å². The molecule has 1 radical (unpaired) electrons. The lowest BCUT2D eigenvalue weighted by atomic mass is 9.82. The van der Waals surface area contributed by atoms with Crippen LogP contribution in [0.2, 0.25) is 0 Å². The van der Waals surface area contributed by atoms with Gasteiger partial charge in [0, 0.05) is 12.3 Å². The Balaban J connectivity index is 2.29. The second-order valence-corrected chi connectivity index (χ2v) is 1.94. The molecule has 1 aliphatic carbocycles. The standard InChI is InChI=1S/C6H9O/c1-2-5-3-4-6(5)7/h2,5H,3-4H2,1H3. The quantitative estimate of drug-likeness (QED) is 0.480.